The van der Waals surface area contributed by atoms with Gasteiger partial charge in [0.2, 0.25) is 11.8 Å². The van der Waals surface area contributed by atoms with E-state index in [2.05, 4.69) is 10.6 Å². The van der Waals surface area contributed by atoms with Crippen LogP contribution in [0, 0.1) is 19.8 Å². The molecule has 0 aliphatic rings. The summed E-state index contributed by atoms with van der Waals surface area (Å²) >= 11 is 0. The van der Waals surface area contributed by atoms with Gasteiger partial charge in [-0.2, -0.15) is 0 Å². The van der Waals surface area contributed by atoms with Gasteiger partial charge in [0, 0.05) is 12.1 Å². The third kappa shape index (κ3) is 8.57. The lowest BCUT2D eigenvalue weighted by atomic mass is 9.87. The summed E-state index contributed by atoms with van der Waals surface area (Å²) in [6.07, 6.45) is 0.602. The van der Waals surface area contributed by atoms with Crippen molar-refractivity contribution >= 4 is 17.9 Å². The minimum absolute atomic E-state index is 0.193. The molecule has 40 heavy (non-hydrogen) atoms. The summed E-state index contributed by atoms with van der Waals surface area (Å²) < 4.78 is 5.52. The average Bonchev–Trinajstić information content (AvgIpc) is 2.88. The molecule has 0 aromatic heterocycles. The minimum Gasteiger partial charge on any atom is -0.444 e. The van der Waals surface area contributed by atoms with Crippen LogP contribution in [0.25, 0.3) is 0 Å². The fraction of sp³-hybridized carbons (Fsp3) is 0.545. The summed E-state index contributed by atoms with van der Waals surface area (Å²) in [4.78, 5) is 43.4. The predicted octanol–water partition coefficient (Wildman–Crippen LogP) is 6.62. The molecule has 2 rings (SSSR count). The SMILES string of the molecule is CCC(C)C(NC(=O)OC(C)(C)C)C(=O)N(C(C(=O)NCc1ccccc1)c1c(C)cccc1C)C(C)(C)CC. The molecule has 7 heteroatoms. The minimum atomic E-state index is -0.903. The number of aryl methyl sites for hydroxylation is 2. The molecule has 3 unspecified atom stereocenters. The first-order valence-electron chi connectivity index (χ1n) is 14.3. The van der Waals surface area contributed by atoms with Crippen LogP contribution in [-0.4, -0.2) is 40.0 Å². The van der Waals surface area contributed by atoms with Gasteiger partial charge in [0.05, 0.1) is 0 Å². The monoisotopic (exact) mass is 551 g/mol. The van der Waals surface area contributed by atoms with Crippen molar-refractivity contribution in [2.45, 2.75) is 112 Å². The van der Waals surface area contributed by atoms with E-state index in [0.717, 1.165) is 22.3 Å². The summed E-state index contributed by atoms with van der Waals surface area (Å²) in [5, 5.41) is 5.94. The van der Waals surface area contributed by atoms with Crippen LogP contribution in [0.2, 0.25) is 0 Å². The Bertz CT molecular complexity index is 1130. The Morgan fingerprint density at radius 3 is 1.98 bits per heavy atom. The van der Waals surface area contributed by atoms with Crippen molar-refractivity contribution in [1.82, 2.24) is 15.5 Å². The fourth-order valence-corrected chi connectivity index (χ4v) is 4.73. The standard InChI is InChI=1S/C33H49N3O4/c1-11-22(3)27(35-31(39)40-32(6,7)8)30(38)36(33(9,10)12-2)28(26-23(4)17-16-18-24(26)5)29(37)34-21-25-19-14-13-15-20-25/h13-20,22,27-28H,11-12,21H2,1-10H3,(H,34,37)(H,35,39). The largest absolute Gasteiger partial charge is 0.444 e. The van der Waals surface area contributed by atoms with Gasteiger partial charge in [-0.15, -0.1) is 0 Å². The molecule has 0 aliphatic carbocycles. The van der Waals surface area contributed by atoms with Gasteiger partial charge in [-0.25, -0.2) is 4.79 Å². The molecule has 3 amide bonds. The van der Waals surface area contributed by atoms with Crippen molar-refractivity contribution in [3.63, 3.8) is 0 Å². The maximum absolute atomic E-state index is 14.6. The molecule has 7 nitrogen and oxygen atoms in total. The second kappa shape index (κ2) is 13.8. The highest BCUT2D eigenvalue weighted by atomic mass is 16.6. The van der Waals surface area contributed by atoms with Crippen LogP contribution >= 0.6 is 0 Å². The fourth-order valence-electron chi connectivity index (χ4n) is 4.73. The number of hydrogen-bond donors (Lipinski definition) is 2. The van der Waals surface area contributed by atoms with Crippen molar-refractivity contribution in [1.29, 1.82) is 0 Å². The van der Waals surface area contributed by atoms with Crippen molar-refractivity contribution in [3.05, 3.63) is 70.8 Å². The van der Waals surface area contributed by atoms with Crippen molar-refractivity contribution < 1.29 is 19.1 Å². The van der Waals surface area contributed by atoms with Crippen molar-refractivity contribution in [3.8, 4) is 0 Å². The van der Waals surface area contributed by atoms with Gasteiger partial charge < -0.3 is 20.3 Å². The van der Waals surface area contributed by atoms with Crippen LogP contribution in [0.4, 0.5) is 4.79 Å². The first-order valence-corrected chi connectivity index (χ1v) is 14.3. The molecular weight excluding hydrogens is 502 g/mol. The Morgan fingerprint density at radius 2 is 1.48 bits per heavy atom. The van der Waals surface area contributed by atoms with E-state index < -0.39 is 29.3 Å². The zero-order chi connectivity index (χ0) is 30.3. The maximum Gasteiger partial charge on any atom is 0.408 e. The number of benzene rings is 2. The summed E-state index contributed by atoms with van der Waals surface area (Å²) in [5.74, 6) is -0.771. The topological polar surface area (TPSA) is 87.7 Å². The number of nitrogens with one attached hydrogen (secondary N) is 2. The number of carbonyl (C=O) groups is 3. The van der Waals surface area contributed by atoms with E-state index in [0.29, 0.717) is 19.4 Å². The van der Waals surface area contributed by atoms with Gasteiger partial charge in [0.1, 0.15) is 17.7 Å². The lowest BCUT2D eigenvalue weighted by Gasteiger charge is -2.46. The molecule has 0 radical (unpaired) electrons. The zero-order valence-electron chi connectivity index (χ0n) is 26.1. The van der Waals surface area contributed by atoms with Gasteiger partial charge in [-0.05, 0) is 83.1 Å². The van der Waals surface area contributed by atoms with E-state index in [1.807, 2.05) is 97.0 Å². The number of hydrogen-bond acceptors (Lipinski definition) is 4. The Morgan fingerprint density at radius 1 is 0.900 bits per heavy atom. The van der Waals surface area contributed by atoms with E-state index in [9.17, 15) is 14.4 Å². The molecule has 0 heterocycles. The number of ether oxygens (including phenoxy) is 1. The van der Waals surface area contributed by atoms with Crippen LogP contribution in [0.5, 0.6) is 0 Å². The number of rotatable bonds is 11. The first-order chi connectivity index (χ1) is 18.6. The Balaban J connectivity index is 2.66. The van der Waals surface area contributed by atoms with Gasteiger partial charge in [-0.1, -0.05) is 75.7 Å². The molecule has 0 saturated carbocycles. The number of amides is 3. The number of carbonyl (C=O) groups excluding carboxylic acids is 3. The van der Waals surface area contributed by atoms with Crippen molar-refractivity contribution in [2.75, 3.05) is 0 Å². The Labute approximate surface area is 241 Å². The molecule has 3 atom stereocenters. The molecule has 0 spiro atoms. The maximum atomic E-state index is 14.6. The zero-order valence-corrected chi connectivity index (χ0v) is 26.1. The van der Waals surface area contributed by atoms with Gasteiger partial charge in [0.25, 0.3) is 0 Å². The van der Waals surface area contributed by atoms with Crippen LogP contribution in [0.15, 0.2) is 48.5 Å². The number of alkyl carbamates (subject to hydrolysis) is 1. The van der Waals surface area contributed by atoms with Crippen LogP contribution in [0.1, 0.15) is 96.5 Å². The molecule has 0 aliphatic heterocycles. The van der Waals surface area contributed by atoms with Crippen LogP contribution < -0.4 is 10.6 Å². The summed E-state index contributed by atoms with van der Waals surface area (Å²) in [5.41, 5.74) is 2.18. The number of nitrogens with zero attached hydrogens (tertiary/aromatic N) is 1. The highest BCUT2D eigenvalue weighted by Gasteiger charge is 2.45. The lowest BCUT2D eigenvalue weighted by Crippen LogP contribution is -2.60. The molecule has 0 saturated heterocycles. The average molecular weight is 552 g/mol. The molecule has 220 valence electrons. The van der Waals surface area contributed by atoms with E-state index in [4.69, 9.17) is 4.74 Å². The molecule has 2 aromatic carbocycles. The van der Waals surface area contributed by atoms with E-state index >= 15 is 0 Å². The lowest BCUT2D eigenvalue weighted by molar-refractivity contribution is -0.150. The molecule has 2 aromatic rings. The van der Waals surface area contributed by atoms with Crippen LogP contribution in [0.3, 0.4) is 0 Å². The second-order valence-electron chi connectivity index (χ2n) is 12.3. The Kier molecular flexibility index (Phi) is 11.4. The third-order valence-corrected chi connectivity index (χ3v) is 7.54. The summed E-state index contributed by atoms with van der Waals surface area (Å²) in [6.45, 7) is 19.5. The van der Waals surface area contributed by atoms with Crippen molar-refractivity contribution in [2.24, 2.45) is 5.92 Å². The van der Waals surface area contributed by atoms with E-state index in [1.54, 1.807) is 25.7 Å². The normalized spacial score (nSPS) is 14.1. The quantitative estimate of drug-likeness (QED) is 0.329. The summed E-state index contributed by atoms with van der Waals surface area (Å²) in [7, 11) is 0. The molecular formula is C33H49N3O4. The van der Waals surface area contributed by atoms with E-state index in [-0.39, 0.29) is 17.7 Å². The Hall–Kier alpha value is -3.35. The van der Waals surface area contributed by atoms with Gasteiger partial charge in [-0.3, -0.25) is 9.59 Å². The highest BCUT2D eigenvalue weighted by Crippen LogP contribution is 2.36. The predicted molar refractivity (Wildman–Crippen MR) is 161 cm³/mol. The third-order valence-electron chi connectivity index (χ3n) is 7.54. The van der Waals surface area contributed by atoms with Gasteiger partial charge >= 0.3 is 6.09 Å². The molecule has 0 fully saturated rings. The molecule has 2 N–H and O–H groups in total. The first kappa shape index (κ1) is 32.9. The van der Waals surface area contributed by atoms with E-state index in [1.165, 1.54) is 0 Å². The highest BCUT2D eigenvalue weighted by molar-refractivity contribution is 5.93. The molecule has 0 bridgehead atoms. The smallest absolute Gasteiger partial charge is 0.408 e. The summed E-state index contributed by atoms with van der Waals surface area (Å²) in [6, 6.07) is 13.8. The van der Waals surface area contributed by atoms with Crippen LogP contribution in [-0.2, 0) is 20.9 Å². The second-order valence-corrected chi connectivity index (χ2v) is 12.3. The van der Waals surface area contributed by atoms with Gasteiger partial charge in [0.15, 0.2) is 0 Å².